The van der Waals surface area contributed by atoms with Gasteiger partial charge < -0.3 is 14.7 Å². The third-order valence-corrected chi connectivity index (χ3v) is 4.39. The van der Waals surface area contributed by atoms with Gasteiger partial charge in [0.2, 0.25) is 0 Å². The summed E-state index contributed by atoms with van der Waals surface area (Å²) in [5.41, 5.74) is 1.14. The van der Waals surface area contributed by atoms with Crippen LogP contribution in [0.4, 0.5) is 0 Å². The zero-order valence-corrected chi connectivity index (χ0v) is 12.9. The average Bonchev–Trinajstić information content (AvgIpc) is 2.94. The van der Waals surface area contributed by atoms with E-state index in [2.05, 4.69) is 13.8 Å². The number of carbonyl (C=O) groups is 2. The predicted molar refractivity (Wildman–Crippen MR) is 81.6 cm³/mol. The predicted octanol–water partition coefficient (Wildman–Crippen LogP) is 2.17. The number of carbonyl (C=O) groups excluding carboxylic acids is 1. The molecule has 1 amide bonds. The fourth-order valence-corrected chi connectivity index (χ4v) is 3.26. The van der Waals surface area contributed by atoms with E-state index in [1.165, 1.54) is 16.7 Å². The highest BCUT2D eigenvalue weighted by molar-refractivity contribution is 7.99. The molecule has 2 rings (SSSR count). The van der Waals surface area contributed by atoms with Gasteiger partial charge in [-0.1, -0.05) is 26.0 Å². The molecule has 0 bridgehead atoms. The van der Waals surface area contributed by atoms with Crippen LogP contribution < -0.4 is 4.74 Å². The van der Waals surface area contributed by atoms with Crippen LogP contribution in [-0.2, 0) is 9.59 Å². The molecular weight excluding hydrogens is 290 g/mol. The van der Waals surface area contributed by atoms with Crippen molar-refractivity contribution in [1.29, 1.82) is 0 Å². The third kappa shape index (κ3) is 3.91. The second-order valence-corrected chi connectivity index (χ2v) is 6.23. The topological polar surface area (TPSA) is 66.8 Å². The van der Waals surface area contributed by atoms with Gasteiger partial charge in [-0.3, -0.25) is 4.79 Å². The third-order valence-electron chi connectivity index (χ3n) is 3.37. The summed E-state index contributed by atoms with van der Waals surface area (Å²) >= 11 is 1.44. The van der Waals surface area contributed by atoms with Gasteiger partial charge >= 0.3 is 5.97 Å². The minimum absolute atomic E-state index is 0.133. The van der Waals surface area contributed by atoms with E-state index in [4.69, 9.17) is 9.84 Å². The SMILES string of the molecule is CC(C)c1cccc(OCC(=O)N2CSC[C@H]2C(=O)O)c1. The van der Waals surface area contributed by atoms with E-state index in [-0.39, 0.29) is 12.5 Å². The first kappa shape index (κ1) is 15.7. The fourth-order valence-electron chi connectivity index (χ4n) is 2.08. The molecule has 0 aliphatic carbocycles. The number of carboxylic acids is 1. The average molecular weight is 309 g/mol. The molecule has 114 valence electrons. The van der Waals surface area contributed by atoms with Crippen LogP contribution in [0, 0.1) is 0 Å². The molecule has 0 spiro atoms. The lowest BCUT2D eigenvalue weighted by Gasteiger charge is -2.20. The Morgan fingerprint density at radius 2 is 2.24 bits per heavy atom. The molecule has 21 heavy (non-hydrogen) atoms. The molecule has 1 N–H and O–H groups in total. The van der Waals surface area contributed by atoms with E-state index >= 15 is 0 Å². The lowest BCUT2D eigenvalue weighted by molar-refractivity contribution is -0.148. The van der Waals surface area contributed by atoms with Crippen molar-refractivity contribution >= 4 is 23.6 Å². The minimum Gasteiger partial charge on any atom is -0.484 e. The molecule has 5 nitrogen and oxygen atoms in total. The van der Waals surface area contributed by atoms with Crippen molar-refractivity contribution in [2.45, 2.75) is 25.8 Å². The highest BCUT2D eigenvalue weighted by Crippen LogP contribution is 2.22. The van der Waals surface area contributed by atoms with Gasteiger partial charge in [0.05, 0.1) is 5.88 Å². The van der Waals surface area contributed by atoms with E-state index in [1.807, 2.05) is 18.2 Å². The Labute approximate surface area is 128 Å². The Hall–Kier alpha value is -1.69. The molecule has 0 radical (unpaired) electrons. The summed E-state index contributed by atoms with van der Waals surface area (Å²) in [6, 6.07) is 6.86. The lowest BCUT2D eigenvalue weighted by atomic mass is 10.0. The number of nitrogens with zero attached hydrogens (tertiary/aromatic N) is 1. The first-order valence-corrected chi connectivity index (χ1v) is 7.97. The van der Waals surface area contributed by atoms with Gasteiger partial charge in [0.15, 0.2) is 6.61 Å². The van der Waals surface area contributed by atoms with Crippen molar-refractivity contribution in [3.63, 3.8) is 0 Å². The summed E-state index contributed by atoms with van der Waals surface area (Å²) < 4.78 is 5.51. The standard InChI is InChI=1S/C15H19NO4S/c1-10(2)11-4-3-5-12(6-11)20-7-14(17)16-9-21-8-13(16)15(18)19/h3-6,10,13H,7-9H2,1-2H3,(H,18,19)/t13-/m0/s1. The zero-order chi connectivity index (χ0) is 15.4. The molecule has 1 heterocycles. The molecule has 1 aliphatic heterocycles. The molecule has 0 aromatic heterocycles. The summed E-state index contributed by atoms with van der Waals surface area (Å²) in [4.78, 5) is 24.5. The second-order valence-electron chi connectivity index (χ2n) is 5.23. The van der Waals surface area contributed by atoms with Crippen LogP contribution >= 0.6 is 11.8 Å². The summed E-state index contributed by atoms with van der Waals surface area (Å²) in [6.07, 6.45) is 0. The number of thioether (sulfide) groups is 1. The summed E-state index contributed by atoms with van der Waals surface area (Å²) in [6.45, 7) is 4.04. The minimum atomic E-state index is -0.963. The normalized spacial score (nSPS) is 18.0. The summed E-state index contributed by atoms with van der Waals surface area (Å²) in [7, 11) is 0. The van der Waals surface area contributed by atoms with Crippen LogP contribution in [0.25, 0.3) is 0 Å². The smallest absolute Gasteiger partial charge is 0.327 e. The van der Waals surface area contributed by atoms with Crippen LogP contribution in [0.2, 0.25) is 0 Å². The Balaban J connectivity index is 1.95. The highest BCUT2D eigenvalue weighted by Gasteiger charge is 2.34. The van der Waals surface area contributed by atoms with Crippen molar-refractivity contribution in [2.75, 3.05) is 18.2 Å². The zero-order valence-electron chi connectivity index (χ0n) is 12.1. The molecule has 6 heteroatoms. The molecular formula is C15H19NO4S. The molecule has 1 aromatic rings. The fraction of sp³-hybridized carbons (Fsp3) is 0.467. The quantitative estimate of drug-likeness (QED) is 0.903. The van der Waals surface area contributed by atoms with Gasteiger partial charge in [-0.2, -0.15) is 0 Å². The van der Waals surface area contributed by atoms with Gasteiger partial charge in [0.25, 0.3) is 5.91 Å². The second kappa shape index (κ2) is 6.85. The van der Waals surface area contributed by atoms with Crippen molar-refractivity contribution in [3.05, 3.63) is 29.8 Å². The Morgan fingerprint density at radius 3 is 2.90 bits per heavy atom. The molecule has 1 fully saturated rings. The first-order chi connectivity index (χ1) is 9.99. The number of amides is 1. The van der Waals surface area contributed by atoms with Crippen molar-refractivity contribution in [3.8, 4) is 5.75 Å². The monoisotopic (exact) mass is 309 g/mol. The van der Waals surface area contributed by atoms with E-state index in [0.29, 0.717) is 23.3 Å². The molecule has 0 saturated carbocycles. The molecule has 1 aromatic carbocycles. The number of rotatable bonds is 5. The highest BCUT2D eigenvalue weighted by atomic mass is 32.2. The molecule has 1 aliphatic rings. The largest absolute Gasteiger partial charge is 0.484 e. The van der Waals surface area contributed by atoms with Gasteiger partial charge in [0.1, 0.15) is 11.8 Å². The maximum atomic E-state index is 12.1. The van der Waals surface area contributed by atoms with Gasteiger partial charge in [0, 0.05) is 5.75 Å². The van der Waals surface area contributed by atoms with Gasteiger partial charge in [-0.05, 0) is 23.6 Å². The van der Waals surface area contributed by atoms with E-state index in [1.54, 1.807) is 6.07 Å². The number of ether oxygens (including phenoxy) is 1. The Kier molecular flexibility index (Phi) is 5.12. The van der Waals surface area contributed by atoms with Crippen LogP contribution in [0.1, 0.15) is 25.3 Å². The van der Waals surface area contributed by atoms with Crippen LogP contribution in [0.5, 0.6) is 5.75 Å². The lowest BCUT2D eigenvalue weighted by Crippen LogP contribution is -2.43. The van der Waals surface area contributed by atoms with Gasteiger partial charge in [-0.15, -0.1) is 11.8 Å². The van der Waals surface area contributed by atoms with Crippen LogP contribution in [-0.4, -0.2) is 46.2 Å². The Morgan fingerprint density at radius 1 is 1.48 bits per heavy atom. The van der Waals surface area contributed by atoms with Crippen molar-refractivity contribution in [1.82, 2.24) is 4.90 Å². The van der Waals surface area contributed by atoms with Crippen LogP contribution in [0.3, 0.4) is 0 Å². The number of aliphatic carboxylic acids is 1. The maximum Gasteiger partial charge on any atom is 0.327 e. The van der Waals surface area contributed by atoms with E-state index in [9.17, 15) is 9.59 Å². The number of hydrogen-bond donors (Lipinski definition) is 1. The van der Waals surface area contributed by atoms with E-state index < -0.39 is 12.0 Å². The number of carboxylic acid groups (broad SMARTS) is 1. The maximum absolute atomic E-state index is 12.1. The molecule has 0 unspecified atom stereocenters. The number of benzene rings is 1. The van der Waals surface area contributed by atoms with E-state index in [0.717, 1.165) is 5.56 Å². The molecule has 1 saturated heterocycles. The summed E-state index contributed by atoms with van der Waals surface area (Å²) in [5, 5.41) is 9.07. The Bertz CT molecular complexity index is 532. The van der Waals surface area contributed by atoms with Crippen LogP contribution in [0.15, 0.2) is 24.3 Å². The first-order valence-electron chi connectivity index (χ1n) is 6.82. The molecule has 1 atom stereocenters. The summed E-state index contributed by atoms with van der Waals surface area (Å²) in [5.74, 6) is 0.608. The van der Waals surface area contributed by atoms with Gasteiger partial charge in [-0.25, -0.2) is 4.79 Å². The van der Waals surface area contributed by atoms with Crippen molar-refractivity contribution < 1.29 is 19.4 Å². The number of hydrogen-bond acceptors (Lipinski definition) is 4. The van der Waals surface area contributed by atoms with Crippen molar-refractivity contribution in [2.24, 2.45) is 0 Å².